The predicted octanol–water partition coefficient (Wildman–Crippen LogP) is 1.65. The molecule has 1 aromatic carbocycles. The van der Waals surface area contributed by atoms with Gasteiger partial charge in [0.2, 0.25) is 5.91 Å². The van der Waals surface area contributed by atoms with Crippen LogP contribution in [0, 0.1) is 5.92 Å². The fourth-order valence-electron chi connectivity index (χ4n) is 2.52. The van der Waals surface area contributed by atoms with Gasteiger partial charge in [0.25, 0.3) is 0 Å². The fraction of sp³-hybridized carbons (Fsp3) is 0.467. The van der Waals surface area contributed by atoms with Crippen LogP contribution >= 0.6 is 0 Å². The third kappa shape index (κ3) is 2.82. The van der Waals surface area contributed by atoms with Gasteiger partial charge in [0.15, 0.2) is 0 Å². The summed E-state index contributed by atoms with van der Waals surface area (Å²) in [6.07, 6.45) is 2.07. The number of fused-ring (bicyclic) bond motifs is 1. The number of hydrogen-bond acceptors (Lipinski definition) is 3. The van der Waals surface area contributed by atoms with E-state index in [1.54, 1.807) is 23.1 Å². The third-order valence-corrected chi connectivity index (χ3v) is 3.90. The molecule has 1 aliphatic heterocycles. The van der Waals surface area contributed by atoms with E-state index in [-0.39, 0.29) is 17.4 Å². The average Bonchev–Trinajstić information content (AvgIpc) is 2.87. The average molecular weight is 276 g/mol. The lowest BCUT2D eigenvalue weighted by molar-refractivity contribution is -0.119. The minimum atomic E-state index is -0.972. The Morgan fingerprint density at radius 3 is 2.80 bits per heavy atom. The molecule has 1 amide bonds. The van der Waals surface area contributed by atoms with Gasteiger partial charge in [-0.05, 0) is 36.6 Å². The topological polar surface area (TPSA) is 83.6 Å². The lowest BCUT2D eigenvalue weighted by Crippen LogP contribution is -2.32. The second-order valence-corrected chi connectivity index (χ2v) is 5.16. The number of rotatable bonds is 5. The van der Waals surface area contributed by atoms with Crippen LogP contribution in [-0.2, 0) is 11.2 Å². The molecular formula is C15H20N2O3. The Balaban J connectivity index is 2.20. The van der Waals surface area contributed by atoms with Crippen LogP contribution in [0.1, 0.15) is 35.7 Å². The molecule has 0 aromatic heterocycles. The highest BCUT2D eigenvalue weighted by Crippen LogP contribution is 2.30. The number of hydrogen-bond donors (Lipinski definition) is 2. The molecular weight excluding hydrogens is 256 g/mol. The Kier molecular flexibility index (Phi) is 4.39. The van der Waals surface area contributed by atoms with E-state index >= 15 is 0 Å². The smallest absolute Gasteiger partial charge is 0.335 e. The van der Waals surface area contributed by atoms with Crippen LogP contribution in [0.5, 0.6) is 0 Å². The molecule has 0 saturated carbocycles. The van der Waals surface area contributed by atoms with E-state index in [9.17, 15) is 9.59 Å². The maximum absolute atomic E-state index is 12.3. The molecule has 5 heteroatoms. The van der Waals surface area contributed by atoms with Gasteiger partial charge in [0.1, 0.15) is 0 Å². The molecule has 1 aromatic rings. The molecule has 2 rings (SSSR count). The van der Waals surface area contributed by atoms with Crippen LogP contribution in [0.25, 0.3) is 0 Å². The number of nitrogens with two attached hydrogens (primary N) is 1. The third-order valence-electron chi connectivity index (χ3n) is 3.90. The number of nitrogens with zero attached hydrogens (tertiary/aromatic N) is 1. The summed E-state index contributed by atoms with van der Waals surface area (Å²) in [5.74, 6) is -0.752. The van der Waals surface area contributed by atoms with Crippen molar-refractivity contribution in [2.24, 2.45) is 11.7 Å². The first-order valence-corrected chi connectivity index (χ1v) is 6.93. The SMILES string of the molecule is CCC(CN)CC(=O)N1CCc2ccc(C(=O)O)cc21. The van der Waals surface area contributed by atoms with Crippen LogP contribution in [0.3, 0.4) is 0 Å². The van der Waals surface area contributed by atoms with Crippen LogP contribution in [-0.4, -0.2) is 30.1 Å². The molecule has 0 radical (unpaired) electrons. The highest BCUT2D eigenvalue weighted by molar-refractivity contribution is 5.97. The number of carbonyl (C=O) groups excluding carboxylic acids is 1. The second-order valence-electron chi connectivity index (χ2n) is 5.16. The van der Waals surface area contributed by atoms with Crippen LogP contribution in [0.2, 0.25) is 0 Å². The summed E-state index contributed by atoms with van der Waals surface area (Å²) >= 11 is 0. The van der Waals surface area contributed by atoms with Crippen molar-refractivity contribution in [1.82, 2.24) is 0 Å². The Morgan fingerprint density at radius 1 is 1.45 bits per heavy atom. The predicted molar refractivity (Wildman–Crippen MR) is 76.9 cm³/mol. The highest BCUT2D eigenvalue weighted by atomic mass is 16.4. The standard InChI is InChI=1S/C15H20N2O3/c1-2-10(9-16)7-14(18)17-6-5-11-3-4-12(15(19)20)8-13(11)17/h3-4,8,10H,2,5-7,9,16H2,1H3,(H,19,20). The van der Waals surface area contributed by atoms with Gasteiger partial charge in [-0.3, -0.25) is 4.79 Å². The summed E-state index contributed by atoms with van der Waals surface area (Å²) in [4.78, 5) is 25.1. The Labute approximate surface area is 118 Å². The van der Waals surface area contributed by atoms with Crippen molar-refractivity contribution in [3.63, 3.8) is 0 Å². The van der Waals surface area contributed by atoms with E-state index in [1.165, 1.54) is 0 Å². The van der Waals surface area contributed by atoms with Crippen LogP contribution < -0.4 is 10.6 Å². The summed E-state index contributed by atoms with van der Waals surface area (Å²) in [5.41, 5.74) is 7.63. The maximum atomic E-state index is 12.3. The zero-order chi connectivity index (χ0) is 14.7. The zero-order valence-electron chi connectivity index (χ0n) is 11.6. The number of anilines is 1. The summed E-state index contributed by atoms with van der Waals surface area (Å²) in [6, 6.07) is 4.97. The fourth-order valence-corrected chi connectivity index (χ4v) is 2.52. The maximum Gasteiger partial charge on any atom is 0.335 e. The van der Waals surface area contributed by atoms with Gasteiger partial charge in [-0.15, -0.1) is 0 Å². The van der Waals surface area contributed by atoms with Crippen LogP contribution in [0.4, 0.5) is 5.69 Å². The van der Waals surface area contributed by atoms with Crippen molar-refractivity contribution in [2.45, 2.75) is 26.2 Å². The molecule has 108 valence electrons. The zero-order valence-corrected chi connectivity index (χ0v) is 11.6. The molecule has 0 aliphatic carbocycles. The summed E-state index contributed by atoms with van der Waals surface area (Å²) in [7, 11) is 0. The van der Waals surface area contributed by atoms with Gasteiger partial charge in [0.05, 0.1) is 5.56 Å². The Bertz CT molecular complexity index is 524. The van der Waals surface area contributed by atoms with E-state index in [2.05, 4.69) is 0 Å². The second kappa shape index (κ2) is 6.05. The number of amides is 1. The van der Waals surface area contributed by atoms with Crippen molar-refractivity contribution >= 4 is 17.6 Å². The van der Waals surface area contributed by atoms with Gasteiger partial charge in [-0.2, -0.15) is 0 Å². The summed E-state index contributed by atoms with van der Waals surface area (Å²) in [5, 5.41) is 9.04. The van der Waals surface area contributed by atoms with Crippen molar-refractivity contribution in [1.29, 1.82) is 0 Å². The van der Waals surface area contributed by atoms with E-state index in [4.69, 9.17) is 10.8 Å². The number of carboxylic acid groups (broad SMARTS) is 1. The molecule has 20 heavy (non-hydrogen) atoms. The minimum Gasteiger partial charge on any atom is -0.478 e. The summed E-state index contributed by atoms with van der Waals surface area (Å²) in [6.45, 7) is 3.14. The first-order chi connectivity index (χ1) is 9.56. The van der Waals surface area contributed by atoms with Gasteiger partial charge < -0.3 is 15.7 Å². The van der Waals surface area contributed by atoms with Gasteiger partial charge in [-0.1, -0.05) is 19.4 Å². The normalized spacial score (nSPS) is 15.0. The Morgan fingerprint density at radius 2 is 2.20 bits per heavy atom. The molecule has 0 fully saturated rings. The molecule has 0 bridgehead atoms. The van der Waals surface area contributed by atoms with Crippen molar-refractivity contribution in [3.8, 4) is 0 Å². The van der Waals surface area contributed by atoms with Gasteiger partial charge in [-0.25, -0.2) is 4.79 Å². The lowest BCUT2D eigenvalue weighted by Gasteiger charge is -2.20. The molecule has 0 spiro atoms. The minimum absolute atomic E-state index is 0.0311. The van der Waals surface area contributed by atoms with Crippen molar-refractivity contribution in [3.05, 3.63) is 29.3 Å². The molecule has 3 N–H and O–H groups in total. The van der Waals surface area contributed by atoms with Crippen molar-refractivity contribution < 1.29 is 14.7 Å². The van der Waals surface area contributed by atoms with Crippen LogP contribution in [0.15, 0.2) is 18.2 Å². The largest absolute Gasteiger partial charge is 0.478 e. The van der Waals surface area contributed by atoms with E-state index in [0.29, 0.717) is 19.5 Å². The van der Waals surface area contributed by atoms with E-state index in [1.807, 2.05) is 6.92 Å². The highest BCUT2D eigenvalue weighted by Gasteiger charge is 2.26. The Hall–Kier alpha value is -1.88. The van der Waals surface area contributed by atoms with E-state index in [0.717, 1.165) is 24.1 Å². The van der Waals surface area contributed by atoms with Gasteiger partial charge in [0, 0.05) is 18.7 Å². The molecule has 5 nitrogen and oxygen atoms in total. The molecule has 1 aliphatic rings. The molecule has 0 saturated heterocycles. The monoisotopic (exact) mass is 276 g/mol. The number of aromatic carboxylic acids is 1. The van der Waals surface area contributed by atoms with Crippen molar-refractivity contribution in [2.75, 3.05) is 18.0 Å². The first-order valence-electron chi connectivity index (χ1n) is 6.93. The van der Waals surface area contributed by atoms with E-state index < -0.39 is 5.97 Å². The first kappa shape index (κ1) is 14.5. The molecule has 1 atom stereocenters. The lowest BCUT2D eigenvalue weighted by atomic mass is 10.0. The quantitative estimate of drug-likeness (QED) is 0.856. The number of benzene rings is 1. The molecule has 1 unspecified atom stereocenters. The van der Waals surface area contributed by atoms with Gasteiger partial charge >= 0.3 is 5.97 Å². The number of carbonyl (C=O) groups is 2. The summed E-state index contributed by atoms with van der Waals surface area (Å²) < 4.78 is 0. The number of carboxylic acids is 1. The molecule has 1 heterocycles.